The number of aromatic amines is 1. The van der Waals surface area contributed by atoms with E-state index in [1.807, 2.05) is 27.7 Å². The molecule has 0 amide bonds. The fraction of sp³-hybridized carbons (Fsp3) is 0.500. The van der Waals surface area contributed by atoms with Gasteiger partial charge >= 0.3 is 5.97 Å². The first-order valence-corrected chi connectivity index (χ1v) is 8.11. The molecule has 1 heterocycles. The predicted molar refractivity (Wildman–Crippen MR) is 93.2 cm³/mol. The fourth-order valence-electron chi connectivity index (χ4n) is 2.83. The number of rotatable bonds is 5. The monoisotopic (exact) mass is 334 g/mol. The summed E-state index contributed by atoms with van der Waals surface area (Å²) in [6.07, 6.45) is -0.793. The molecule has 6 heteroatoms. The van der Waals surface area contributed by atoms with Crippen LogP contribution in [0.1, 0.15) is 56.8 Å². The smallest absolute Gasteiger partial charge is 0.354 e. The van der Waals surface area contributed by atoms with Crippen LogP contribution in [-0.4, -0.2) is 39.4 Å². The van der Waals surface area contributed by atoms with Crippen molar-refractivity contribution >= 4 is 16.9 Å². The van der Waals surface area contributed by atoms with E-state index in [9.17, 15) is 15.0 Å². The first-order valence-electron chi connectivity index (χ1n) is 8.11. The third-order valence-electron chi connectivity index (χ3n) is 3.75. The summed E-state index contributed by atoms with van der Waals surface area (Å²) in [5.41, 5.74) is 1.15. The summed E-state index contributed by atoms with van der Waals surface area (Å²) in [6.45, 7) is 9.97. The van der Waals surface area contributed by atoms with Crippen LogP contribution in [0.4, 0.5) is 0 Å². The highest BCUT2D eigenvalue weighted by atomic mass is 16.5. The Morgan fingerprint density at radius 3 is 2.62 bits per heavy atom. The molecule has 6 nitrogen and oxygen atoms in total. The van der Waals surface area contributed by atoms with Crippen LogP contribution in [0.15, 0.2) is 18.2 Å². The second kappa shape index (κ2) is 6.83. The molecule has 2 atom stereocenters. The largest absolute Gasteiger partial charge is 0.506 e. The number of esters is 1. The van der Waals surface area contributed by atoms with E-state index in [1.54, 1.807) is 19.1 Å². The van der Waals surface area contributed by atoms with Crippen LogP contribution in [-0.2, 0) is 4.74 Å². The van der Waals surface area contributed by atoms with Gasteiger partial charge in [0.05, 0.1) is 18.2 Å². The summed E-state index contributed by atoms with van der Waals surface area (Å²) in [5, 5.41) is 24.7. The van der Waals surface area contributed by atoms with Gasteiger partial charge in [-0.05, 0) is 52.3 Å². The topological polar surface area (TPSA) is 94.6 Å². The summed E-state index contributed by atoms with van der Waals surface area (Å²) in [5.74, 6) is -0.470. The van der Waals surface area contributed by atoms with Crippen LogP contribution in [0, 0.1) is 0 Å². The van der Waals surface area contributed by atoms with Gasteiger partial charge in [-0.25, -0.2) is 4.79 Å². The zero-order valence-electron chi connectivity index (χ0n) is 14.8. The van der Waals surface area contributed by atoms with Crippen molar-refractivity contribution in [2.24, 2.45) is 0 Å². The average molecular weight is 334 g/mol. The number of benzene rings is 1. The minimum absolute atomic E-state index is 0.0212. The molecular formula is C18H26N2O4. The van der Waals surface area contributed by atoms with Crippen LogP contribution in [0.5, 0.6) is 5.75 Å². The first-order chi connectivity index (χ1) is 11.1. The van der Waals surface area contributed by atoms with E-state index in [0.717, 1.165) is 0 Å². The number of carbonyl (C=O) groups is 1. The number of nitrogens with one attached hydrogen (secondary N) is 2. The fourth-order valence-corrected chi connectivity index (χ4v) is 2.83. The molecule has 0 saturated heterocycles. The lowest BCUT2D eigenvalue weighted by Crippen LogP contribution is -2.45. The van der Waals surface area contributed by atoms with E-state index in [-0.39, 0.29) is 29.6 Å². The van der Waals surface area contributed by atoms with Gasteiger partial charge in [-0.3, -0.25) is 0 Å². The average Bonchev–Trinajstić information content (AvgIpc) is 2.91. The van der Waals surface area contributed by atoms with E-state index < -0.39 is 12.1 Å². The second-order valence-corrected chi connectivity index (χ2v) is 6.99. The van der Waals surface area contributed by atoms with Gasteiger partial charge in [0.2, 0.25) is 0 Å². The molecule has 4 N–H and O–H groups in total. The summed E-state index contributed by atoms with van der Waals surface area (Å²) in [6, 6.07) is 4.58. The SMILES string of the molecule is CCOC(=O)c1cc2c(C(O)C(C)NC(C)(C)C)ccc(O)c2[nH]1. The highest BCUT2D eigenvalue weighted by Gasteiger charge is 2.25. The number of aliphatic hydroxyl groups excluding tert-OH is 1. The van der Waals surface area contributed by atoms with E-state index in [0.29, 0.717) is 16.5 Å². The van der Waals surface area contributed by atoms with Crippen molar-refractivity contribution in [3.05, 3.63) is 29.5 Å². The summed E-state index contributed by atoms with van der Waals surface area (Å²) in [7, 11) is 0. The Morgan fingerprint density at radius 2 is 2.04 bits per heavy atom. The maximum Gasteiger partial charge on any atom is 0.354 e. The van der Waals surface area contributed by atoms with Crippen molar-refractivity contribution in [1.29, 1.82) is 0 Å². The molecule has 0 saturated carbocycles. The lowest BCUT2D eigenvalue weighted by Gasteiger charge is -2.29. The molecule has 2 rings (SSSR count). The van der Waals surface area contributed by atoms with Gasteiger partial charge < -0.3 is 25.3 Å². The number of hydrogen-bond donors (Lipinski definition) is 4. The molecule has 2 unspecified atom stereocenters. The first kappa shape index (κ1) is 18.3. The molecule has 0 fully saturated rings. The minimum Gasteiger partial charge on any atom is -0.506 e. The Labute approximate surface area is 141 Å². The summed E-state index contributed by atoms with van der Waals surface area (Å²) >= 11 is 0. The highest BCUT2D eigenvalue weighted by molar-refractivity contribution is 5.98. The number of ether oxygens (including phenoxy) is 1. The van der Waals surface area contributed by atoms with E-state index >= 15 is 0 Å². The zero-order valence-corrected chi connectivity index (χ0v) is 14.8. The van der Waals surface area contributed by atoms with Crippen molar-refractivity contribution in [1.82, 2.24) is 10.3 Å². The molecule has 0 aliphatic carbocycles. The van der Waals surface area contributed by atoms with Gasteiger partial charge in [-0.15, -0.1) is 0 Å². The number of carbonyl (C=O) groups excluding carboxylic acids is 1. The van der Waals surface area contributed by atoms with Crippen molar-refractivity contribution in [2.75, 3.05) is 6.61 Å². The zero-order chi connectivity index (χ0) is 18.1. The van der Waals surface area contributed by atoms with Crippen LogP contribution in [0.25, 0.3) is 10.9 Å². The molecule has 1 aromatic heterocycles. The standard InChI is InChI=1S/C18H26N2O4/c1-6-24-17(23)13-9-12-11(7-8-14(21)15(12)19-13)16(22)10(2)20-18(3,4)5/h7-10,16,19-22H,6H2,1-5H3. The molecule has 0 aliphatic rings. The molecule has 24 heavy (non-hydrogen) atoms. The molecule has 0 aliphatic heterocycles. The van der Waals surface area contributed by atoms with E-state index in [1.165, 1.54) is 6.07 Å². The minimum atomic E-state index is -0.793. The number of aromatic nitrogens is 1. The van der Waals surface area contributed by atoms with Crippen molar-refractivity contribution < 1.29 is 19.7 Å². The third kappa shape index (κ3) is 3.88. The van der Waals surface area contributed by atoms with Gasteiger partial charge in [0.15, 0.2) is 0 Å². The Morgan fingerprint density at radius 1 is 1.38 bits per heavy atom. The molecule has 1 aromatic carbocycles. The Balaban J connectivity index is 2.43. The number of aliphatic hydroxyl groups is 1. The van der Waals surface area contributed by atoms with Gasteiger partial charge in [-0.2, -0.15) is 0 Å². The van der Waals surface area contributed by atoms with Gasteiger partial charge in [-0.1, -0.05) is 6.07 Å². The summed E-state index contributed by atoms with van der Waals surface area (Å²) in [4.78, 5) is 14.8. The number of fused-ring (bicyclic) bond motifs is 1. The molecule has 132 valence electrons. The lowest BCUT2D eigenvalue weighted by molar-refractivity contribution is 0.0520. The Hall–Kier alpha value is -2.05. The third-order valence-corrected chi connectivity index (χ3v) is 3.75. The second-order valence-electron chi connectivity index (χ2n) is 6.99. The quantitative estimate of drug-likeness (QED) is 0.631. The summed E-state index contributed by atoms with van der Waals surface area (Å²) < 4.78 is 4.98. The highest BCUT2D eigenvalue weighted by Crippen LogP contribution is 2.33. The van der Waals surface area contributed by atoms with Crippen LogP contribution in [0.3, 0.4) is 0 Å². The van der Waals surface area contributed by atoms with Gasteiger partial charge in [0.25, 0.3) is 0 Å². The van der Waals surface area contributed by atoms with E-state index in [2.05, 4.69) is 10.3 Å². The van der Waals surface area contributed by atoms with Gasteiger partial charge in [0, 0.05) is 17.0 Å². The maximum atomic E-state index is 11.9. The molecule has 2 aromatic rings. The molecule has 0 bridgehead atoms. The Kier molecular flexibility index (Phi) is 5.20. The predicted octanol–water partition coefficient (Wildman–Crippen LogP) is 2.86. The lowest BCUT2D eigenvalue weighted by atomic mass is 9.97. The number of aromatic hydroxyl groups is 1. The molecular weight excluding hydrogens is 308 g/mol. The van der Waals surface area contributed by atoms with Crippen LogP contribution < -0.4 is 5.32 Å². The van der Waals surface area contributed by atoms with Gasteiger partial charge in [0.1, 0.15) is 11.4 Å². The number of phenolic OH excluding ortho intramolecular Hbond substituents is 1. The number of phenols is 1. The maximum absolute atomic E-state index is 11.9. The number of H-pyrrole nitrogens is 1. The molecule has 0 radical (unpaired) electrons. The molecule has 0 spiro atoms. The van der Waals surface area contributed by atoms with Crippen LogP contribution >= 0.6 is 0 Å². The Bertz CT molecular complexity index is 730. The van der Waals surface area contributed by atoms with Crippen molar-refractivity contribution in [3.8, 4) is 5.75 Å². The van der Waals surface area contributed by atoms with E-state index in [4.69, 9.17) is 4.74 Å². The van der Waals surface area contributed by atoms with Crippen molar-refractivity contribution in [3.63, 3.8) is 0 Å². The number of hydrogen-bond acceptors (Lipinski definition) is 5. The normalized spacial score (nSPS) is 14.6. The van der Waals surface area contributed by atoms with Crippen molar-refractivity contribution in [2.45, 2.75) is 52.3 Å². The van der Waals surface area contributed by atoms with Crippen LogP contribution in [0.2, 0.25) is 0 Å².